The first-order chi connectivity index (χ1) is 8.60. The fraction of sp³-hybridized carbons (Fsp3) is 0.143. The minimum absolute atomic E-state index is 0.305. The van der Waals surface area contributed by atoms with Crippen molar-refractivity contribution in [1.29, 1.82) is 0 Å². The molecule has 0 spiro atoms. The highest BCUT2D eigenvalue weighted by Gasteiger charge is 2.07. The maximum Gasteiger partial charge on any atom is 0.222 e. The molecule has 92 valence electrons. The zero-order chi connectivity index (χ0) is 13.1. The van der Waals surface area contributed by atoms with Crippen LogP contribution in [0.15, 0.2) is 30.5 Å². The molecule has 1 aromatic heterocycles. The molecule has 0 saturated heterocycles. The highest BCUT2D eigenvalue weighted by molar-refractivity contribution is 5.74. The average Bonchev–Trinajstić information content (AvgIpc) is 2.34. The molecule has 0 N–H and O–H groups in total. The van der Waals surface area contributed by atoms with E-state index in [4.69, 9.17) is 4.74 Å². The van der Waals surface area contributed by atoms with Crippen molar-refractivity contribution in [3.8, 4) is 11.6 Å². The molecule has 0 atom stereocenters. The first-order valence-corrected chi connectivity index (χ1v) is 5.46. The van der Waals surface area contributed by atoms with Crippen LogP contribution in [0.2, 0.25) is 0 Å². The van der Waals surface area contributed by atoms with E-state index in [1.165, 1.54) is 18.3 Å². The predicted molar refractivity (Wildman–Crippen MR) is 65.6 cm³/mol. The van der Waals surface area contributed by atoms with Gasteiger partial charge in [-0.2, -0.15) is 0 Å². The minimum atomic E-state index is -0.305. The lowest BCUT2D eigenvalue weighted by atomic mass is 10.2. The molecule has 1 heterocycles. The van der Waals surface area contributed by atoms with Crippen molar-refractivity contribution in [2.45, 2.75) is 13.8 Å². The van der Waals surface area contributed by atoms with Gasteiger partial charge in [0.25, 0.3) is 0 Å². The van der Waals surface area contributed by atoms with E-state index in [0.29, 0.717) is 22.8 Å². The standard InChI is InChI=1S/C14H12FNO2/c1-9-6-12(15)3-4-13(9)18-14-10(2)5-11(8-17)7-16-14/h3-8H,1-2H3. The van der Waals surface area contributed by atoms with E-state index in [-0.39, 0.29) is 5.82 Å². The van der Waals surface area contributed by atoms with Crippen molar-refractivity contribution >= 4 is 6.29 Å². The quantitative estimate of drug-likeness (QED) is 0.777. The third-order valence-electron chi connectivity index (χ3n) is 2.53. The Balaban J connectivity index is 2.31. The van der Waals surface area contributed by atoms with Crippen LogP contribution < -0.4 is 4.74 Å². The molecule has 0 radical (unpaired) electrons. The van der Waals surface area contributed by atoms with Crippen molar-refractivity contribution < 1.29 is 13.9 Å². The van der Waals surface area contributed by atoms with Crippen molar-refractivity contribution in [3.63, 3.8) is 0 Å². The summed E-state index contributed by atoms with van der Waals surface area (Å²) in [5.41, 5.74) is 1.94. The first kappa shape index (κ1) is 12.2. The molecule has 1 aromatic carbocycles. The molecule has 2 rings (SSSR count). The van der Waals surface area contributed by atoms with E-state index in [2.05, 4.69) is 4.98 Å². The van der Waals surface area contributed by atoms with Crippen LogP contribution in [0, 0.1) is 19.7 Å². The number of aryl methyl sites for hydroxylation is 2. The molecule has 4 heteroatoms. The third-order valence-corrected chi connectivity index (χ3v) is 2.53. The molecule has 0 aliphatic rings. The van der Waals surface area contributed by atoms with Crippen molar-refractivity contribution in [3.05, 3.63) is 53.0 Å². The zero-order valence-electron chi connectivity index (χ0n) is 10.1. The van der Waals surface area contributed by atoms with Crippen LogP contribution in [-0.2, 0) is 0 Å². The summed E-state index contributed by atoms with van der Waals surface area (Å²) in [6, 6.07) is 5.97. The number of aldehydes is 1. The van der Waals surface area contributed by atoms with Gasteiger partial charge in [0, 0.05) is 17.3 Å². The molecule has 0 unspecified atom stereocenters. The summed E-state index contributed by atoms with van der Waals surface area (Å²) in [5, 5.41) is 0. The number of ether oxygens (including phenoxy) is 1. The molecule has 2 aromatic rings. The molecule has 0 aliphatic carbocycles. The summed E-state index contributed by atoms with van der Waals surface area (Å²) >= 11 is 0. The summed E-state index contributed by atoms with van der Waals surface area (Å²) in [5.74, 6) is 0.655. The molecular formula is C14H12FNO2. The Morgan fingerprint density at radius 2 is 2.00 bits per heavy atom. The fourth-order valence-electron chi connectivity index (χ4n) is 1.59. The van der Waals surface area contributed by atoms with Crippen LogP contribution in [0.25, 0.3) is 0 Å². The van der Waals surface area contributed by atoms with Gasteiger partial charge in [0.05, 0.1) is 0 Å². The van der Waals surface area contributed by atoms with Crippen LogP contribution in [-0.4, -0.2) is 11.3 Å². The second-order valence-electron chi connectivity index (χ2n) is 4.02. The first-order valence-electron chi connectivity index (χ1n) is 5.46. The second kappa shape index (κ2) is 4.96. The number of halogens is 1. The maximum absolute atomic E-state index is 13.0. The molecule has 0 aliphatic heterocycles. The van der Waals surface area contributed by atoms with Gasteiger partial charge >= 0.3 is 0 Å². The number of nitrogens with zero attached hydrogens (tertiary/aromatic N) is 1. The monoisotopic (exact) mass is 245 g/mol. The Labute approximate surface area is 104 Å². The van der Waals surface area contributed by atoms with E-state index in [0.717, 1.165) is 11.8 Å². The highest BCUT2D eigenvalue weighted by Crippen LogP contribution is 2.26. The molecule has 0 bridgehead atoms. The summed E-state index contributed by atoms with van der Waals surface area (Å²) in [6.45, 7) is 3.56. The maximum atomic E-state index is 13.0. The predicted octanol–water partition coefficient (Wildman–Crippen LogP) is 3.44. The van der Waals surface area contributed by atoms with Crippen molar-refractivity contribution in [2.24, 2.45) is 0 Å². The Kier molecular flexibility index (Phi) is 3.37. The normalized spacial score (nSPS) is 10.2. The Hall–Kier alpha value is -2.23. The number of carbonyl (C=O) groups excluding carboxylic acids is 1. The number of hydrogen-bond acceptors (Lipinski definition) is 3. The summed E-state index contributed by atoms with van der Waals surface area (Å²) in [7, 11) is 0. The van der Waals surface area contributed by atoms with Gasteiger partial charge in [0.15, 0.2) is 6.29 Å². The van der Waals surface area contributed by atoms with E-state index in [9.17, 15) is 9.18 Å². The molecule has 3 nitrogen and oxygen atoms in total. The van der Waals surface area contributed by atoms with E-state index in [1.54, 1.807) is 26.0 Å². The van der Waals surface area contributed by atoms with Gasteiger partial charge in [0.1, 0.15) is 11.6 Å². The Bertz CT molecular complexity index is 596. The number of aromatic nitrogens is 1. The summed E-state index contributed by atoms with van der Waals surface area (Å²) in [4.78, 5) is 14.7. The van der Waals surface area contributed by atoms with Gasteiger partial charge < -0.3 is 4.74 Å². The topological polar surface area (TPSA) is 39.2 Å². The van der Waals surface area contributed by atoms with Crippen LogP contribution in [0.3, 0.4) is 0 Å². The Morgan fingerprint density at radius 3 is 2.61 bits per heavy atom. The third kappa shape index (κ3) is 2.53. The Morgan fingerprint density at radius 1 is 1.22 bits per heavy atom. The SMILES string of the molecule is Cc1cc(F)ccc1Oc1ncc(C=O)cc1C. The highest BCUT2D eigenvalue weighted by atomic mass is 19.1. The minimum Gasteiger partial charge on any atom is -0.438 e. The van der Waals surface area contributed by atoms with Gasteiger partial charge in [-0.15, -0.1) is 0 Å². The second-order valence-corrected chi connectivity index (χ2v) is 4.02. The van der Waals surface area contributed by atoms with Gasteiger partial charge in [-0.1, -0.05) is 0 Å². The number of pyridine rings is 1. The number of carbonyl (C=O) groups is 1. The van der Waals surface area contributed by atoms with Crippen molar-refractivity contribution in [2.75, 3.05) is 0 Å². The van der Waals surface area contributed by atoms with Crippen LogP contribution >= 0.6 is 0 Å². The van der Waals surface area contributed by atoms with E-state index in [1.807, 2.05) is 0 Å². The largest absolute Gasteiger partial charge is 0.438 e. The molecule has 0 fully saturated rings. The van der Waals surface area contributed by atoms with Crippen LogP contribution in [0.5, 0.6) is 11.6 Å². The number of rotatable bonds is 3. The lowest BCUT2D eigenvalue weighted by Crippen LogP contribution is -1.95. The lowest BCUT2D eigenvalue weighted by molar-refractivity contribution is 0.112. The molecule has 18 heavy (non-hydrogen) atoms. The fourth-order valence-corrected chi connectivity index (χ4v) is 1.59. The molecule has 0 saturated carbocycles. The van der Waals surface area contributed by atoms with E-state index < -0.39 is 0 Å². The van der Waals surface area contributed by atoms with Crippen LogP contribution in [0.1, 0.15) is 21.5 Å². The van der Waals surface area contributed by atoms with Gasteiger partial charge in [-0.3, -0.25) is 4.79 Å². The van der Waals surface area contributed by atoms with Gasteiger partial charge in [-0.25, -0.2) is 9.37 Å². The van der Waals surface area contributed by atoms with Crippen molar-refractivity contribution in [1.82, 2.24) is 4.98 Å². The van der Waals surface area contributed by atoms with E-state index >= 15 is 0 Å². The zero-order valence-corrected chi connectivity index (χ0v) is 10.1. The smallest absolute Gasteiger partial charge is 0.222 e. The summed E-state index contributed by atoms with van der Waals surface area (Å²) < 4.78 is 18.6. The summed E-state index contributed by atoms with van der Waals surface area (Å²) in [6.07, 6.45) is 2.17. The number of hydrogen-bond donors (Lipinski definition) is 0. The van der Waals surface area contributed by atoms with Gasteiger partial charge in [-0.05, 0) is 43.7 Å². The average molecular weight is 245 g/mol. The number of benzene rings is 1. The molecule has 0 amide bonds. The molecular weight excluding hydrogens is 233 g/mol. The van der Waals surface area contributed by atoms with Gasteiger partial charge in [0.2, 0.25) is 5.88 Å². The lowest BCUT2D eigenvalue weighted by Gasteiger charge is -2.10. The van der Waals surface area contributed by atoms with Crippen LogP contribution in [0.4, 0.5) is 4.39 Å².